The molecule has 39 heavy (non-hydrogen) atoms. The van der Waals surface area contributed by atoms with E-state index in [1.807, 2.05) is 11.3 Å². The Morgan fingerprint density at radius 3 is 2.36 bits per heavy atom. The number of rotatable bonds is 2. The van der Waals surface area contributed by atoms with Crippen LogP contribution < -0.4 is 0 Å². The van der Waals surface area contributed by atoms with Gasteiger partial charge in [-0.3, -0.25) is 9.78 Å². The number of aliphatic hydroxyl groups is 1. The molecule has 0 saturated heterocycles. The standard InChI is InChI=1S/C29H24NS.C5H8O2.Ir/c1-16-13-17(2)25-18(3)15-22(30-23(25)14-16)19-10-8-11-21-26(19)29(4,5)27-20-9-6-7-12-24(20)31-28(21)27;1-4(6)3-5(2)7;/h6-9,11-15H,1-5H3;3,6H,1-2H3;/q-1;;/b;4-3-;. The minimum atomic E-state index is -0.125. The topological polar surface area (TPSA) is 50.2 Å². The second-order valence-electron chi connectivity index (χ2n) is 10.8. The predicted octanol–water partition coefficient (Wildman–Crippen LogP) is 9.18. The smallest absolute Gasteiger partial charge is 0.155 e. The number of aromatic nitrogens is 1. The molecule has 0 saturated carbocycles. The van der Waals surface area contributed by atoms with E-state index in [2.05, 4.69) is 95.3 Å². The summed E-state index contributed by atoms with van der Waals surface area (Å²) in [5, 5.41) is 11.0. The molecule has 2 heterocycles. The van der Waals surface area contributed by atoms with E-state index in [4.69, 9.17) is 10.1 Å². The van der Waals surface area contributed by atoms with E-state index < -0.39 is 0 Å². The summed E-state index contributed by atoms with van der Waals surface area (Å²) in [6, 6.07) is 23.4. The molecule has 1 N–H and O–H groups in total. The third-order valence-corrected chi connectivity index (χ3v) is 8.41. The van der Waals surface area contributed by atoms with E-state index in [0.29, 0.717) is 0 Å². The minimum absolute atomic E-state index is 0. The van der Waals surface area contributed by atoms with Gasteiger partial charge in [0.1, 0.15) is 0 Å². The average molecular weight is 711 g/mol. The van der Waals surface area contributed by atoms with Crippen molar-refractivity contribution >= 4 is 38.1 Å². The van der Waals surface area contributed by atoms with Crippen molar-refractivity contribution in [1.82, 2.24) is 4.98 Å². The van der Waals surface area contributed by atoms with Crippen molar-refractivity contribution in [3.05, 3.63) is 100 Å². The molecule has 0 fully saturated rings. The molecule has 0 atom stereocenters. The maximum absolute atomic E-state index is 10.0. The predicted molar refractivity (Wildman–Crippen MR) is 160 cm³/mol. The van der Waals surface area contributed by atoms with Gasteiger partial charge in [0.15, 0.2) is 5.78 Å². The van der Waals surface area contributed by atoms with E-state index in [1.165, 1.54) is 73.7 Å². The van der Waals surface area contributed by atoms with Gasteiger partial charge < -0.3 is 5.11 Å². The van der Waals surface area contributed by atoms with Crippen molar-refractivity contribution < 1.29 is 30.0 Å². The average Bonchev–Trinajstić information content (AvgIpc) is 3.32. The number of carbonyl (C=O) groups is 1. The van der Waals surface area contributed by atoms with Gasteiger partial charge in [-0.05, 0) is 85.5 Å². The molecule has 201 valence electrons. The molecule has 1 aliphatic carbocycles. The van der Waals surface area contributed by atoms with Gasteiger partial charge in [0.25, 0.3) is 0 Å². The van der Waals surface area contributed by atoms with Crippen LogP contribution in [0.5, 0.6) is 0 Å². The Labute approximate surface area is 248 Å². The van der Waals surface area contributed by atoms with E-state index in [9.17, 15) is 4.79 Å². The van der Waals surface area contributed by atoms with Crippen molar-refractivity contribution in [1.29, 1.82) is 0 Å². The molecule has 0 spiro atoms. The third-order valence-electron chi connectivity index (χ3n) is 7.20. The van der Waals surface area contributed by atoms with Crippen LogP contribution >= 0.6 is 11.3 Å². The summed E-state index contributed by atoms with van der Waals surface area (Å²) in [5.74, 6) is -0.0625. The quantitative estimate of drug-likeness (QED) is 0.113. The van der Waals surface area contributed by atoms with Gasteiger partial charge in [-0.15, -0.1) is 40.7 Å². The number of allylic oxidation sites excluding steroid dienone is 2. The summed E-state index contributed by atoms with van der Waals surface area (Å²) in [7, 11) is 0. The van der Waals surface area contributed by atoms with Crippen LogP contribution in [0.3, 0.4) is 0 Å². The van der Waals surface area contributed by atoms with Gasteiger partial charge in [-0.1, -0.05) is 49.7 Å². The Morgan fingerprint density at radius 2 is 1.69 bits per heavy atom. The fraction of sp³-hybridized carbons (Fsp3) is 0.235. The van der Waals surface area contributed by atoms with Crippen LogP contribution in [-0.2, 0) is 30.3 Å². The number of benzene rings is 3. The second-order valence-corrected chi connectivity index (χ2v) is 11.8. The van der Waals surface area contributed by atoms with E-state index >= 15 is 0 Å². The first kappa shape index (κ1) is 28.9. The number of ketones is 1. The summed E-state index contributed by atoms with van der Waals surface area (Å²) >= 11 is 1.91. The number of thiophene rings is 1. The SMILES string of the molecule is CC(=O)/C=C(/C)O.Cc1cc(C)c2c(C)cc(-c3[c-]ccc4c3C(C)(C)c3c-4sc4ccccc34)nc2c1.[Ir]. The Bertz CT molecular complexity index is 1770. The van der Waals surface area contributed by atoms with Crippen molar-refractivity contribution in [2.45, 2.75) is 53.9 Å². The van der Waals surface area contributed by atoms with Crippen LogP contribution in [0.2, 0.25) is 0 Å². The van der Waals surface area contributed by atoms with Crippen LogP contribution in [0.25, 0.3) is 42.7 Å². The van der Waals surface area contributed by atoms with Crippen LogP contribution in [-0.4, -0.2) is 15.9 Å². The Kier molecular flexibility index (Phi) is 8.01. The molecule has 2 aromatic heterocycles. The zero-order chi connectivity index (χ0) is 27.4. The Hall–Kier alpha value is -3.11. The molecule has 0 amide bonds. The summed E-state index contributed by atoms with van der Waals surface area (Å²) in [6.45, 7) is 14.1. The van der Waals surface area contributed by atoms with Gasteiger partial charge in [-0.25, -0.2) is 0 Å². The molecule has 0 aliphatic heterocycles. The van der Waals surface area contributed by atoms with Crippen molar-refractivity contribution in [3.63, 3.8) is 0 Å². The number of nitrogens with zero attached hydrogens (tertiary/aromatic N) is 1. The van der Waals surface area contributed by atoms with Crippen LogP contribution in [0.1, 0.15) is 55.5 Å². The number of aryl methyl sites for hydroxylation is 3. The van der Waals surface area contributed by atoms with Crippen LogP contribution in [0.4, 0.5) is 0 Å². The molecule has 3 aromatic carbocycles. The molecule has 0 bridgehead atoms. The van der Waals surface area contributed by atoms with Crippen molar-refractivity contribution in [3.8, 4) is 21.7 Å². The molecular weight excluding hydrogens is 679 g/mol. The van der Waals surface area contributed by atoms with Gasteiger partial charge in [0, 0.05) is 41.1 Å². The fourth-order valence-corrected chi connectivity index (χ4v) is 7.32. The number of aliphatic hydroxyl groups excluding tert-OH is 1. The normalized spacial score (nSPS) is 13.4. The van der Waals surface area contributed by atoms with E-state index in [-0.39, 0.29) is 37.1 Å². The van der Waals surface area contributed by atoms with Gasteiger partial charge in [-0.2, -0.15) is 0 Å². The van der Waals surface area contributed by atoms with Crippen LogP contribution in [0.15, 0.2) is 66.4 Å². The van der Waals surface area contributed by atoms with E-state index in [0.717, 1.165) is 16.8 Å². The number of hydrogen-bond acceptors (Lipinski definition) is 4. The van der Waals surface area contributed by atoms with Crippen molar-refractivity contribution in [2.75, 3.05) is 0 Å². The molecule has 1 aliphatic rings. The maximum Gasteiger partial charge on any atom is 0.155 e. The summed E-state index contributed by atoms with van der Waals surface area (Å²) in [5.41, 5.74) is 11.1. The summed E-state index contributed by atoms with van der Waals surface area (Å²) in [4.78, 5) is 16.6. The zero-order valence-corrected chi connectivity index (χ0v) is 26.5. The molecule has 6 rings (SSSR count). The largest absolute Gasteiger partial charge is 0.512 e. The van der Waals surface area contributed by atoms with E-state index in [1.54, 1.807) is 0 Å². The molecule has 5 aromatic rings. The zero-order valence-electron chi connectivity index (χ0n) is 23.3. The van der Waals surface area contributed by atoms with Gasteiger partial charge >= 0.3 is 0 Å². The number of carbonyl (C=O) groups excluding carboxylic acids is 1. The monoisotopic (exact) mass is 711 g/mol. The number of pyridine rings is 1. The Balaban J connectivity index is 0.000000394. The van der Waals surface area contributed by atoms with Crippen LogP contribution in [0, 0.1) is 26.8 Å². The number of hydrogen-bond donors (Lipinski definition) is 1. The second kappa shape index (κ2) is 10.8. The van der Waals surface area contributed by atoms with Gasteiger partial charge in [0.2, 0.25) is 0 Å². The maximum atomic E-state index is 10.0. The molecule has 0 unspecified atom stereocenters. The molecular formula is C34H32IrNO2S-. The minimum Gasteiger partial charge on any atom is -0.512 e. The molecule has 1 radical (unpaired) electrons. The van der Waals surface area contributed by atoms with Gasteiger partial charge in [0.05, 0.1) is 11.3 Å². The van der Waals surface area contributed by atoms with Crippen molar-refractivity contribution in [2.24, 2.45) is 0 Å². The first-order chi connectivity index (χ1) is 18.0. The first-order valence-corrected chi connectivity index (χ1v) is 13.6. The Morgan fingerprint density at radius 1 is 1.00 bits per heavy atom. The summed E-state index contributed by atoms with van der Waals surface area (Å²) < 4.78 is 1.37. The first-order valence-electron chi connectivity index (χ1n) is 12.8. The fourth-order valence-electron chi connectivity index (χ4n) is 5.93. The third kappa shape index (κ3) is 5.12. The summed E-state index contributed by atoms with van der Waals surface area (Å²) in [6.07, 6.45) is 1.17. The molecule has 5 heteroatoms. The molecule has 3 nitrogen and oxygen atoms in total. The number of fused-ring (bicyclic) bond motifs is 6.